The third-order valence-corrected chi connectivity index (χ3v) is 4.72. The highest BCUT2D eigenvalue weighted by molar-refractivity contribution is 4.99. The molecule has 0 amide bonds. The SMILES string of the molecule is CC(C)CC(C)N1CCNCC12CCCCC2. The van der Waals surface area contributed by atoms with Crippen molar-refractivity contribution in [3.8, 4) is 0 Å². The summed E-state index contributed by atoms with van der Waals surface area (Å²) in [6.45, 7) is 10.8. The fourth-order valence-corrected chi connectivity index (χ4v) is 4.03. The van der Waals surface area contributed by atoms with Crippen molar-refractivity contribution in [3.63, 3.8) is 0 Å². The van der Waals surface area contributed by atoms with Crippen LogP contribution in [0.4, 0.5) is 0 Å². The molecule has 0 bridgehead atoms. The summed E-state index contributed by atoms with van der Waals surface area (Å²) in [7, 11) is 0. The Bertz CT molecular complexity index is 223. The first kappa shape index (κ1) is 13.4. The monoisotopic (exact) mass is 238 g/mol. The Morgan fingerprint density at radius 3 is 2.47 bits per heavy atom. The van der Waals surface area contributed by atoms with E-state index in [4.69, 9.17) is 0 Å². The molecular weight excluding hydrogens is 208 g/mol. The van der Waals surface area contributed by atoms with Crippen molar-refractivity contribution in [3.05, 3.63) is 0 Å². The Morgan fingerprint density at radius 2 is 1.82 bits per heavy atom. The van der Waals surface area contributed by atoms with Crippen LogP contribution in [-0.2, 0) is 0 Å². The zero-order valence-corrected chi connectivity index (χ0v) is 12.0. The van der Waals surface area contributed by atoms with Crippen molar-refractivity contribution in [1.29, 1.82) is 0 Å². The number of hydrogen-bond donors (Lipinski definition) is 1. The van der Waals surface area contributed by atoms with Gasteiger partial charge in [0.15, 0.2) is 0 Å². The largest absolute Gasteiger partial charge is 0.314 e. The van der Waals surface area contributed by atoms with E-state index >= 15 is 0 Å². The van der Waals surface area contributed by atoms with E-state index in [2.05, 4.69) is 31.0 Å². The number of nitrogens with one attached hydrogen (secondary N) is 1. The molecule has 100 valence electrons. The van der Waals surface area contributed by atoms with Gasteiger partial charge in [-0.2, -0.15) is 0 Å². The van der Waals surface area contributed by atoms with Gasteiger partial charge in [0.25, 0.3) is 0 Å². The van der Waals surface area contributed by atoms with Gasteiger partial charge in [0.05, 0.1) is 0 Å². The van der Waals surface area contributed by atoms with Crippen LogP contribution in [0.2, 0.25) is 0 Å². The molecule has 1 aliphatic carbocycles. The van der Waals surface area contributed by atoms with Crippen LogP contribution in [0.15, 0.2) is 0 Å². The molecule has 1 N–H and O–H groups in total. The smallest absolute Gasteiger partial charge is 0.0337 e. The predicted octanol–water partition coefficient (Wildman–Crippen LogP) is 3.03. The summed E-state index contributed by atoms with van der Waals surface area (Å²) >= 11 is 0. The van der Waals surface area contributed by atoms with E-state index in [9.17, 15) is 0 Å². The van der Waals surface area contributed by atoms with E-state index in [0.717, 1.165) is 12.0 Å². The van der Waals surface area contributed by atoms with Crippen LogP contribution in [-0.4, -0.2) is 36.1 Å². The van der Waals surface area contributed by atoms with Gasteiger partial charge in [0.2, 0.25) is 0 Å². The Morgan fingerprint density at radius 1 is 1.12 bits per heavy atom. The Hall–Kier alpha value is -0.0800. The molecule has 0 aromatic heterocycles. The molecule has 1 heterocycles. The van der Waals surface area contributed by atoms with E-state index in [0.29, 0.717) is 5.54 Å². The van der Waals surface area contributed by atoms with Gasteiger partial charge in [0, 0.05) is 31.2 Å². The molecule has 1 atom stereocenters. The van der Waals surface area contributed by atoms with E-state index in [1.54, 1.807) is 0 Å². The minimum absolute atomic E-state index is 0.505. The molecule has 1 unspecified atom stereocenters. The van der Waals surface area contributed by atoms with Gasteiger partial charge in [-0.3, -0.25) is 4.90 Å². The highest BCUT2D eigenvalue weighted by Crippen LogP contribution is 2.36. The van der Waals surface area contributed by atoms with Crippen LogP contribution in [0.1, 0.15) is 59.3 Å². The summed E-state index contributed by atoms with van der Waals surface area (Å²) < 4.78 is 0. The fraction of sp³-hybridized carbons (Fsp3) is 1.00. The summed E-state index contributed by atoms with van der Waals surface area (Å²) in [5, 5.41) is 3.64. The van der Waals surface area contributed by atoms with Crippen molar-refractivity contribution < 1.29 is 0 Å². The minimum atomic E-state index is 0.505. The van der Waals surface area contributed by atoms with Crippen molar-refractivity contribution >= 4 is 0 Å². The number of piperazine rings is 1. The number of nitrogens with zero attached hydrogens (tertiary/aromatic N) is 1. The molecule has 2 heteroatoms. The zero-order valence-electron chi connectivity index (χ0n) is 12.0. The fourth-order valence-electron chi connectivity index (χ4n) is 4.03. The minimum Gasteiger partial charge on any atom is -0.314 e. The lowest BCUT2D eigenvalue weighted by molar-refractivity contribution is -0.00759. The van der Waals surface area contributed by atoms with Gasteiger partial charge >= 0.3 is 0 Å². The van der Waals surface area contributed by atoms with Crippen molar-refractivity contribution in [2.75, 3.05) is 19.6 Å². The molecule has 0 aromatic carbocycles. The first-order valence-corrected chi connectivity index (χ1v) is 7.61. The summed E-state index contributed by atoms with van der Waals surface area (Å²) in [5.74, 6) is 0.820. The molecule has 1 aliphatic heterocycles. The van der Waals surface area contributed by atoms with Crippen molar-refractivity contribution in [2.24, 2.45) is 5.92 Å². The highest BCUT2D eigenvalue weighted by atomic mass is 15.3. The molecule has 2 aliphatic rings. The molecule has 2 nitrogen and oxygen atoms in total. The third kappa shape index (κ3) is 3.03. The van der Waals surface area contributed by atoms with Gasteiger partial charge in [-0.15, -0.1) is 0 Å². The van der Waals surface area contributed by atoms with E-state index in [-0.39, 0.29) is 0 Å². The maximum absolute atomic E-state index is 3.64. The van der Waals surface area contributed by atoms with Crippen LogP contribution in [0.3, 0.4) is 0 Å². The van der Waals surface area contributed by atoms with E-state index < -0.39 is 0 Å². The molecular formula is C15H30N2. The second-order valence-electron chi connectivity index (χ2n) is 6.63. The standard InChI is InChI=1S/C15H30N2/c1-13(2)11-14(3)17-10-9-16-12-15(17)7-5-4-6-8-15/h13-14,16H,4-12H2,1-3H3. The van der Waals surface area contributed by atoms with Crippen LogP contribution in [0.5, 0.6) is 0 Å². The normalized spacial score (nSPS) is 27.5. The summed E-state index contributed by atoms with van der Waals surface area (Å²) in [6, 6.07) is 0.759. The predicted molar refractivity (Wildman–Crippen MR) is 74.3 cm³/mol. The van der Waals surface area contributed by atoms with E-state index in [1.807, 2.05) is 0 Å². The van der Waals surface area contributed by atoms with Crippen molar-refractivity contribution in [1.82, 2.24) is 10.2 Å². The first-order valence-electron chi connectivity index (χ1n) is 7.61. The van der Waals surface area contributed by atoms with Gasteiger partial charge in [-0.25, -0.2) is 0 Å². The highest BCUT2D eigenvalue weighted by Gasteiger charge is 2.41. The molecule has 1 saturated carbocycles. The quantitative estimate of drug-likeness (QED) is 0.813. The molecule has 17 heavy (non-hydrogen) atoms. The maximum atomic E-state index is 3.64. The Kier molecular flexibility index (Phi) is 4.48. The topological polar surface area (TPSA) is 15.3 Å². The van der Waals surface area contributed by atoms with Crippen LogP contribution < -0.4 is 5.32 Å². The number of rotatable bonds is 3. The lowest BCUT2D eigenvalue weighted by Gasteiger charge is -2.52. The maximum Gasteiger partial charge on any atom is 0.0337 e. The van der Waals surface area contributed by atoms with Gasteiger partial charge in [-0.1, -0.05) is 33.1 Å². The molecule has 1 spiro atoms. The van der Waals surface area contributed by atoms with Crippen LogP contribution in [0.25, 0.3) is 0 Å². The van der Waals surface area contributed by atoms with Gasteiger partial charge < -0.3 is 5.32 Å². The summed E-state index contributed by atoms with van der Waals surface area (Å²) in [5.41, 5.74) is 0.505. The third-order valence-electron chi connectivity index (χ3n) is 4.72. The first-order chi connectivity index (χ1) is 8.14. The Labute approximate surface area is 107 Å². The second-order valence-corrected chi connectivity index (χ2v) is 6.63. The van der Waals surface area contributed by atoms with Crippen molar-refractivity contribution in [2.45, 2.75) is 70.9 Å². The average molecular weight is 238 g/mol. The summed E-state index contributed by atoms with van der Waals surface area (Å²) in [4.78, 5) is 2.85. The zero-order chi connectivity index (χ0) is 12.3. The lowest BCUT2D eigenvalue weighted by Crippen LogP contribution is -2.64. The van der Waals surface area contributed by atoms with E-state index in [1.165, 1.54) is 58.2 Å². The average Bonchev–Trinajstić information content (AvgIpc) is 2.29. The molecule has 0 aromatic rings. The van der Waals surface area contributed by atoms with Crippen LogP contribution >= 0.6 is 0 Å². The molecule has 0 radical (unpaired) electrons. The molecule has 1 saturated heterocycles. The molecule has 2 rings (SSSR count). The van der Waals surface area contributed by atoms with Gasteiger partial charge in [-0.05, 0) is 32.1 Å². The molecule has 2 fully saturated rings. The van der Waals surface area contributed by atoms with Gasteiger partial charge in [0.1, 0.15) is 0 Å². The summed E-state index contributed by atoms with van der Waals surface area (Å²) in [6.07, 6.45) is 8.51. The lowest BCUT2D eigenvalue weighted by atomic mass is 9.78. The number of hydrogen-bond acceptors (Lipinski definition) is 2. The Balaban J connectivity index is 2.05. The van der Waals surface area contributed by atoms with Crippen LogP contribution in [0, 0.1) is 5.92 Å². The second kappa shape index (κ2) is 5.71.